The van der Waals surface area contributed by atoms with Crippen LogP contribution in [0.2, 0.25) is 0 Å². The van der Waals surface area contributed by atoms with E-state index >= 15 is 0 Å². The van der Waals surface area contributed by atoms with Gasteiger partial charge in [-0.15, -0.1) is 275 Å². The van der Waals surface area contributed by atoms with E-state index in [0.717, 1.165) is 167 Å². The summed E-state index contributed by atoms with van der Waals surface area (Å²) in [5.41, 5.74) is 26.6. The molecule has 0 aliphatic heterocycles. The molecule has 12 nitrogen and oxygen atoms in total. The molecule has 0 atom stereocenters. The van der Waals surface area contributed by atoms with E-state index in [1.54, 1.807) is 37.2 Å². The number of pyridine rings is 9. The van der Waals surface area contributed by atoms with Crippen LogP contribution in [0.3, 0.4) is 0 Å². The topological polar surface area (TPSA) is 155 Å². The fourth-order valence-electron chi connectivity index (χ4n) is 14.0. The van der Waals surface area contributed by atoms with E-state index < -0.39 is 0 Å². The van der Waals surface area contributed by atoms with Crippen LogP contribution in [-0.4, -0.2) is 44.9 Å². The van der Waals surface area contributed by atoms with Gasteiger partial charge in [-0.3, -0.25) is 0 Å². The summed E-state index contributed by atoms with van der Waals surface area (Å²) in [4.78, 5) is 38.6. The minimum absolute atomic E-state index is 0. The van der Waals surface area contributed by atoms with Gasteiger partial charge in [-0.05, 0) is 150 Å². The van der Waals surface area contributed by atoms with Crippen molar-refractivity contribution in [2.45, 2.75) is 20.8 Å². The number of aromatic nitrogens is 9. The van der Waals surface area contributed by atoms with E-state index in [9.17, 15) is 0 Å². The van der Waals surface area contributed by atoms with Crippen LogP contribution in [0.25, 0.3) is 167 Å². The third-order valence-corrected chi connectivity index (χ3v) is 20.4. The minimum Gasteiger partial charge on any atom is -0.501 e. The Kier molecular flexibility index (Phi) is 36.4. The van der Waals surface area contributed by atoms with Gasteiger partial charge in [-0.2, -0.15) is 0 Å². The Morgan fingerprint density at radius 1 is 0.178 bits per heavy atom. The Bertz CT molecular complexity index is 6820. The molecule has 12 heterocycles. The molecule has 24 aromatic rings. The van der Waals surface area contributed by atoms with Gasteiger partial charge in [0.1, 0.15) is 16.7 Å². The Morgan fingerprint density at radius 2 is 0.467 bits per heavy atom. The van der Waals surface area contributed by atoms with E-state index in [0.29, 0.717) is 0 Å². The second-order valence-corrected chi connectivity index (χ2v) is 29.7. The maximum Gasteiger partial charge on any atom is 3.00 e. The zero-order valence-corrected chi connectivity index (χ0v) is 80.7. The third-order valence-electron chi connectivity index (χ3n) is 20.4. The molecule has 0 radical (unpaired) electrons. The minimum atomic E-state index is 0. The van der Waals surface area contributed by atoms with Crippen molar-refractivity contribution < 1.29 is 73.6 Å². The first-order valence-corrected chi connectivity index (χ1v) is 42.8. The summed E-state index contributed by atoms with van der Waals surface area (Å²) in [6.07, 6.45) is 16.2. The molecular weight excluding hydrogens is 2190 g/mol. The maximum atomic E-state index is 6.01. The van der Waals surface area contributed by atoms with Gasteiger partial charge in [0.25, 0.3) is 0 Å². The largest absolute Gasteiger partial charge is 3.00 e. The molecule has 0 saturated heterocycles. The summed E-state index contributed by atoms with van der Waals surface area (Å²) in [6, 6.07) is 159. The van der Waals surface area contributed by atoms with Gasteiger partial charge in [0.05, 0.1) is 16.7 Å². The van der Waals surface area contributed by atoms with Gasteiger partial charge in [-0.1, -0.05) is 190 Å². The number of benzene rings is 12. The molecule has 0 amide bonds. The average molecular weight is 2280 g/mol. The second-order valence-electron chi connectivity index (χ2n) is 29.7. The van der Waals surface area contributed by atoms with Crippen molar-refractivity contribution in [2.75, 3.05) is 0 Å². The quantitative estimate of drug-likeness (QED) is 0.126. The van der Waals surface area contributed by atoms with Crippen molar-refractivity contribution in [3.05, 3.63) is 527 Å². The summed E-state index contributed by atoms with van der Waals surface area (Å²) in [5, 5.41) is 6.70. The van der Waals surface area contributed by atoms with Gasteiger partial charge in [-0.25, -0.2) is 0 Å². The van der Waals surface area contributed by atoms with Crippen LogP contribution in [0.15, 0.2) is 469 Å². The summed E-state index contributed by atoms with van der Waals surface area (Å²) in [7, 11) is 0. The molecule has 12 aromatic carbocycles. The predicted molar refractivity (Wildman–Crippen MR) is 533 cm³/mol. The van der Waals surface area contributed by atoms with Gasteiger partial charge in [0.2, 0.25) is 0 Å². The first-order valence-electron chi connectivity index (χ1n) is 42.8. The predicted octanol–water partition coefficient (Wildman–Crippen LogP) is 29.6. The first kappa shape index (κ1) is 96.9. The van der Waals surface area contributed by atoms with E-state index in [-0.39, 0.29) is 60.3 Å². The number of fused-ring (bicyclic) bond motifs is 9. The molecule has 15 heteroatoms. The zero-order valence-electron chi connectivity index (χ0n) is 73.6. The molecule has 0 fully saturated rings. The monoisotopic (exact) mass is 2280 g/mol. The Labute approximate surface area is 826 Å². The summed E-state index contributed by atoms with van der Waals surface area (Å²) in [6.45, 7) is 6.19. The zero-order chi connectivity index (χ0) is 89.9. The molecule has 0 saturated carbocycles. The van der Waals surface area contributed by atoms with Gasteiger partial charge in [0.15, 0.2) is 0 Å². The van der Waals surface area contributed by atoms with Crippen LogP contribution in [0.5, 0.6) is 0 Å². The van der Waals surface area contributed by atoms with E-state index in [2.05, 4.69) is 163 Å². The van der Waals surface area contributed by atoms with Crippen molar-refractivity contribution >= 4 is 65.8 Å². The van der Waals surface area contributed by atoms with Crippen LogP contribution in [0.1, 0.15) is 16.7 Å². The van der Waals surface area contributed by atoms with Gasteiger partial charge >= 0.3 is 60.3 Å². The fourth-order valence-corrected chi connectivity index (χ4v) is 14.0. The average Bonchev–Trinajstić information content (AvgIpc) is 1.73. The Hall–Kier alpha value is -15.7. The fraction of sp³-hybridized carbons (Fsp3) is 0.0250. The smallest absolute Gasteiger partial charge is 0.501 e. The number of hydrogen-bond acceptors (Lipinski definition) is 12. The number of nitrogens with zero attached hydrogens (tertiary/aromatic N) is 9. The van der Waals surface area contributed by atoms with E-state index in [1.165, 1.54) is 16.7 Å². The SMILES string of the molecule is Cc1ccnc(-c2[c-]cc3c(c2)oc2ccccc23)c1.Cc1ccnc(-c2[c-]cc3oc4ccccc4c3c2)c1.Cc1ccnc(-c2[c-]ccc3c2oc2ccccc23)c1.[Ir+3].[Ir+3].[Ir+3].[c-]1ccccc1-c1ccccn1.[c-]1ccccc1-c1ccccn1.[c-]1ccccc1-c1ccccn1.[c-]1ccccc1-c1ccccn1.[c-]1ccccc1-c1ccccn1.[c-]1ccccc1-c1ccccn1. The molecule has 0 unspecified atom stereocenters. The van der Waals surface area contributed by atoms with Crippen molar-refractivity contribution in [3.8, 4) is 101 Å². The van der Waals surface area contributed by atoms with Crippen LogP contribution in [0, 0.1) is 75.4 Å². The summed E-state index contributed by atoms with van der Waals surface area (Å²) in [5.74, 6) is 0. The summed E-state index contributed by atoms with van der Waals surface area (Å²) >= 11 is 0. The first-order chi connectivity index (χ1) is 65.2. The molecule has 654 valence electrons. The number of furan rings is 3. The molecule has 0 spiro atoms. The van der Waals surface area contributed by atoms with E-state index in [4.69, 9.17) is 13.3 Å². The van der Waals surface area contributed by atoms with Crippen molar-refractivity contribution in [1.29, 1.82) is 0 Å². The number of hydrogen-bond donors (Lipinski definition) is 0. The van der Waals surface area contributed by atoms with Crippen molar-refractivity contribution in [2.24, 2.45) is 0 Å². The van der Waals surface area contributed by atoms with Crippen LogP contribution in [0.4, 0.5) is 0 Å². The van der Waals surface area contributed by atoms with Gasteiger partial charge in [0, 0.05) is 66.5 Å². The third kappa shape index (κ3) is 27.0. The Balaban J connectivity index is 0.000000130. The van der Waals surface area contributed by atoms with Gasteiger partial charge < -0.3 is 58.1 Å². The molecule has 0 N–H and O–H groups in total. The molecule has 0 aliphatic carbocycles. The molecular formula is C120H84Ir3N9O3. The van der Waals surface area contributed by atoms with Crippen molar-refractivity contribution in [1.82, 2.24) is 44.9 Å². The summed E-state index contributed by atoms with van der Waals surface area (Å²) < 4.78 is 17.7. The number of aryl methyl sites for hydroxylation is 3. The normalized spacial score (nSPS) is 10.2. The molecule has 135 heavy (non-hydrogen) atoms. The molecule has 12 aromatic heterocycles. The van der Waals surface area contributed by atoms with Crippen LogP contribution in [-0.2, 0) is 60.3 Å². The number of rotatable bonds is 9. The second kappa shape index (κ2) is 50.7. The molecule has 0 aliphatic rings. The Morgan fingerprint density at radius 3 is 0.807 bits per heavy atom. The molecule has 24 rings (SSSR count). The van der Waals surface area contributed by atoms with Crippen molar-refractivity contribution in [3.63, 3.8) is 0 Å². The maximum absolute atomic E-state index is 6.01. The van der Waals surface area contributed by atoms with Crippen LogP contribution < -0.4 is 0 Å². The number of para-hydroxylation sites is 3. The van der Waals surface area contributed by atoms with E-state index in [1.807, 2.05) is 377 Å². The standard InChI is InChI=1S/3C18H12NO.6C11H8N.3Ir/c1-12-9-10-19-16(11-12)15-7-4-6-14-13-5-2-3-8-17(13)20-18(14)15;1-12-8-9-19-16(10-12)13-6-7-18-15(11-13)14-4-2-3-5-17(14)20-18;1-12-8-9-19-16(10-12)13-6-7-15-14-4-2-3-5-17(14)20-18(15)11-13;6*1-2-6-10(7-3-1)11-8-4-5-9-12-11;;;/h2-6,8-11H,1H3;2*2-5,7-11H,1H3;6*1-6,8-9H;;;/q9*-1;3*+3. The van der Waals surface area contributed by atoms with Crippen LogP contribution >= 0.6 is 0 Å². The molecule has 0 bridgehead atoms.